The first-order valence-corrected chi connectivity index (χ1v) is 6.97. The summed E-state index contributed by atoms with van der Waals surface area (Å²) in [6.45, 7) is 1.78. The summed E-state index contributed by atoms with van der Waals surface area (Å²) in [7, 11) is 1.51. The standard InChI is InChI=1S/C13H23N3O4/c1-3-15(8-11(17)14-2)13(20)16(9-12(18)19)10-6-4-5-7-10/h10H,3-9H2,1-2H3,(H,14,17)(H,18,19). The number of aliphatic carboxylic acids is 1. The number of hydrogen-bond acceptors (Lipinski definition) is 3. The van der Waals surface area contributed by atoms with E-state index in [0.717, 1.165) is 25.7 Å². The Balaban J connectivity index is 2.78. The van der Waals surface area contributed by atoms with Crippen LogP contribution in [0.1, 0.15) is 32.6 Å². The van der Waals surface area contributed by atoms with Gasteiger partial charge in [0, 0.05) is 19.6 Å². The predicted molar refractivity (Wildman–Crippen MR) is 73.3 cm³/mol. The number of carbonyl (C=O) groups is 3. The van der Waals surface area contributed by atoms with Gasteiger partial charge in [-0.1, -0.05) is 12.8 Å². The first kappa shape index (κ1) is 16.3. The SMILES string of the molecule is CCN(CC(=O)NC)C(=O)N(CC(=O)O)C1CCCC1. The van der Waals surface area contributed by atoms with Crippen LogP contribution in [0.25, 0.3) is 0 Å². The van der Waals surface area contributed by atoms with Crippen LogP contribution in [0.3, 0.4) is 0 Å². The lowest BCUT2D eigenvalue weighted by Crippen LogP contribution is -2.51. The van der Waals surface area contributed by atoms with Gasteiger partial charge in [-0.15, -0.1) is 0 Å². The van der Waals surface area contributed by atoms with Gasteiger partial charge in [0.05, 0.1) is 0 Å². The van der Waals surface area contributed by atoms with E-state index in [1.54, 1.807) is 6.92 Å². The van der Waals surface area contributed by atoms with E-state index < -0.39 is 5.97 Å². The molecule has 1 saturated carbocycles. The van der Waals surface area contributed by atoms with E-state index in [4.69, 9.17) is 5.11 Å². The molecule has 0 unspecified atom stereocenters. The normalized spacial score (nSPS) is 14.9. The number of carbonyl (C=O) groups excluding carboxylic acids is 2. The zero-order chi connectivity index (χ0) is 15.1. The minimum Gasteiger partial charge on any atom is -0.480 e. The van der Waals surface area contributed by atoms with E-state index in [0.29, 0.717) is 6.54 Å². The minimum atomic E-state index is -1.03. The van der Waals surface area contributed by atoms with Crippen molar-refractivity contribution >= 4 is 17.9 Å². The quantitative estimate of drug-likeness (QED) is 0.743. The fraction of sp³-hybridized carbons (Fsp3) is 0.769. The van der Waals surface area contributed by atoms with E-state index in [2.05, 4.69) is 5.32 Å². The summed E-state index contributed by atoms with van der Waals surface area (Å²) in [5.74, 6) is -1.29. The van der Waals surface area contributed by atoms with E-state index in [1.807, 2.05) is 0 Å². The van der Waals surface area contributed by atoms with Gasteiger partial charge in [-0.05, 0) is 19.8 Å². The molecule has 1 aliphatic carbocycles. The van der Waals surface area contributed by atoms with Crippen molar-refractivity contribution in [3.05, 3.63) is 0 Å². The molecule has 114 valence electrons. The molecule has 0 aliphatic heterocycles. The van der Waals surface area contributed by atoms with Gasteiger partial charge in [-0.2, -0.15) is 0 Å². The predicted octanol–water partition coefficient (Wildman–Crippen LogP) is 0.504. The molecule has 0 spiro atoms. The van der Waals surface area contributed by atoms with Crippen LogP contribution in [0.4, 0.5) is 4.79 Å². The Kier molecular flexibility index (Phi) is 6.27. The Labute approximate surface area is 118 Å². The van der Waals surface area contributed by atoms with Gasteiger partial charge in [0.1, 0.15) is 13.1 Å². The first-order chi connectivity index (χ1) is 9.49. The highest BCUT2D eigenvalue weighted by Gasteiger charge is 2.31. The maximum absolute atomic E-state index is 12.5. The highest BCUT2D eigenvalue weighted by Crippen LogP contribution is 2.24. The number of carboxylic acids is 1. The number of carboxylic acid groups (broad SMARTS) is 1. The summed E-state index contributed by atoms with van der Waals surface area (Å²) in [5.41, 5.74) is 0. The van der Waals surface area contributed by atoms with Crippen molar-refractivity contribution in [2.45, 2.75) is 38.6 Å². The molecule has 0 atom stereocenters. The summed E-state index contributed by atoms with van der Waals surface area (Å²) >= 11 is 0. The average molecular weight is 285 g/mol. The fourth-order valence-corrected chi connectivity index (χ4v) is 2.46. The van der Waals surface area contributed by atoms with Gasteiger partial charge in [0.25, 0.3) is 0 Å². The smallest absolute Gasteiger partial charge is 0.323 e. The molecule has 0 aromatic heterocycles. The number of amides is 3. The highest BCUT2D eigenvalue weighted by molar-refractivity contribution is 5.85. The van der Waals surface area contributed by atoms with Crippen LogP contribution in [0.2, 0.25) is 0 Å². The topological polar surface area (TPSA) is 90.0 Å². The van der Waals surface area contributed by atoms with E-state index >= 15 is 0 Å². The molecule has 1 aliphatic rings. The summed E-state index contributed by atoms with van der Waals surface area (Å²) in [6.07, 6.45) is 3.68. The molecule has 0 aromatic rings. The van der Waals surface area contributed by atoms with Crippen LogP contribution in [-0.2, 0) is 9.59 Å². The molecule has 0 heterocycles. The van der Waals surface area contributed by atoms with Crippen molar-refractivity contribution in [3.63, 3.8) is 0 Å². The van der Waals surface area contributed by atoms with Crippen LogP contribution >= 0.6 is 0 Å². The van der Waals surface area contributed by atoms with Crippen LogP contribution < -0.4 is 5.32 Å². The van der Waals surface area contributed by atoms with Crippen LogP contribution in [0.15, 0.2) is 0 Å². The van der Waals surface area contributed by atoms with Gasteiger partial charge in [-0.3, -0.25) is 9.59 Å². The van der Waals surface area contributed by atoms with E-state index in [9.17, 15) is 14.4 Å². The van der Waals surface area contributed by atoms with Crippen LogP contribution in [0.5, 0.6) is 0 Å². The molecule has 1 fully saturated rings. The van der Waals surface area contributed by atoms with E-state index in [1.165, 1.54) is 16.8 Å². The zero-order valence-electron chi connectivity index (χ0n) is 12.1. The second-order valence-corrected chi connectivity index (χ2v) is 4.93. The first-order valence-electron chi connectivity index (χ1n) is 6.97. The summed E-state index contributed by atoms with van der Waals surface area (Å²) in [4.78, 5) is 37.6. The second-order valence-electron chi connectivity index (χ2n) is 4.93. The monoisotopic (exact) mass is 285 g/mol. The fourth-order valence-electron chi connectivity index (χ4n) is 2.46. The Bertz CT molecular complexity index is 367. The lowest BCUT2D eigenvalue weighted by atomic mass is 10.2. The van der Waals surface area contributed by atoms with Crippen LogP contribution in [0, 0.1) is 0 Å². The van der Waals surface area contributed by atoms with Gasteiger partial charge in [0.2, 0.25) is 5.91 Å². The molecule has 0 aromatic carbocycles. The van der Waals surface area contributed by atoms with Crippen molar-refractivity contribution in [1.82, 2.24) is 15.1 Å². The third-order valence-electron chi connectivity index (χ3n) is 3.58. The number of hydrogen-bond donors (Lipinski definition) is 2. The number of nitrogens with one attached hydrogen (secondary N) is 1. The van der Waals surface area contributed by atoms with Gasteiger partial charge in [0.15, 0.2) is 0 Å². The van der Waals surface area contributed by atoms with Crippen molar-refractivity contribution in [1.29, 1.82) is 0 Å². The number of likely N-dealkylation sites (N-methyl/N-ethyl adjacent to an activating group) is 2. The van der Waals surface area contributed by atoms with Gasteiger partial charge >= 0.3 is 12.0 Å². The van der Waals surface area contributed by atoms with Gasteiger partial charge in [-0.25, -0.2) is 4.79 Å². The maximum Gasteiger partial charge on any atom is 0.323 e. The summed E-state index contributed by atoms with van der Waals surface area (Å²) in [5, 5.41) is 11.5. The van der Waals surface area contributed by atoms with Crippen molar-refractivity contribution in [2.24, 2.45) is 0 Å². The van der Waals surface area contributed by atoms with Gasteiger partial charge < -0.3 is 20.2 Å². The van der Waals surface area contributed by atoms with E-state index in [-0.39, 0.29) is 31.1 Å². The maximum atomic E-state index is 12.5. The largest absolute Gasteiger partial charge is 0.480 e. The van der Waals surface area contributed by atoms with Crippen molar-refractivity contribution in [3.8, 4) is 0 Å². The molecule has 3 amide bonds. The molecule has 20 heavy (non-hydrogen) atoms. The minimum absolute atomic E-state index is 0.0302. The Morgan fingerprint density at radius 1 is 1.20 bits per heavy atom. The lowest BCUT2D eigenvalue weighted by molar-refractivity contribution is -0.138. The third-order valence-corrected chi connectivity index (χ3v) is 3.58. The summed E-state index contributed by atoms with van der Waals surface area (Å²) in [6, 6.07) is -0.400. The molecular formula is C13H23N3O4. The molecule has 0 saturated heterocycles. The molecular weight excluding hydrogens is 262 g/mol. The van der Waals surface area contributed by atoms with Crippen LogP contribution in [-0.4, -0.2) is 65.5 Å². The number of rotatable bonds is 6. The number of nitrogens with zero attached hydrogens (tertiary/aromatic N) is 2. The molecule has 2 N–H and O–H groups in total. The lowest BCUT2D eigenvalue weighted by Gasteiger charge is -2.32. The molecule has 1 rings (SSSR count). The molecule has 0 bridgehead atoms. The second kappa shape index (κ2) is 7.72. The van der Waals surface area contributed by atoms with Crippen molar-refractivity contribution < 1.29 is 19.5 Å². The Morgan fingerprint density at radius 2 is 1.80 bits per heavy atom. The zero-order valence-corrected chi connectivity index (χ0v) is 12.1. The Hall–Kier alpha value is -1.79. The summed E-state index contributed by atoms with van der Waals surface area (Å²) < 4.78 is 0. The molecule has 0 radical (unpaired) electrons. The molecule has 7 heteroatoms. The average Bonchev–Trinajstić information content (AvgIpc) is 2.94. The Morgan fingerprint density at radius 3 is 2.25 bits per heavy atom. The van der Waals surface area contributed by atoms with Crippen molar-refractivity contribution in [2.75, 3.05) is 26.7 Å². The highest BCUT2D eigenvalue weighted by atomic mass is 16.4. The number of urea groups is 1. The third kappa shape index (κ3) is 4.40. The molecule has 7 nitrogen and oxygen atoms in total.